The average molecular weight is 325 g/mol. The summed E-state index contributed by atoms with van der Waals surface area (Å²) in [5.41, 5.74) is 1.58. The van der Waals surface area contributed by atoms with Crippen LogP contribution in [0.4, 0.5) is 0 Å². The molecule has 0 spiro atoms. The van der Waals surface area contributed by atoms with Gasteiger partial charge in [-0.05, 0) is 29.8 Å². The third-order valence-corrected chi connectivity index (χ3v) is 3.28. The van der Waals surface area contributed by atoms with Crippen molar-refractivity contribution in [1.29, 1.82) is 0 Å². The van der Waals surface area contributed by atoms with Crippen LogP contribution in [0.3, 0.4) is 0 Å². The third-order valence-electron chi connectivity index (χ3n) is 3.00. The van der Waals surface area contributed by atoms with E-state index in [0.717, 1.165) is 5.56 Å². The standard InChI is InChI=1S/C15H11N5O2S/c21-14(22)11-6-4-10(5-7-11)9-17-20-13(18-19-15(20)23)12-3-1-2-8-16-12/h1-9H,(H,19,23)(H,21,22)/b17-9+. The van der Waals surface area contributed by atoms with Gasteiger partial charge < -0.3 is 5.11 Å². The van der Waals surface area contributed by atoms with E-state index in [1.807, 2.05) is 6.07 Å². The first-order chi connectivity index (χ1) is 11.1. The predicted octanol–water partition coefficient (Wildman–Crippen LogP) is 2.21. The molecule has 114 valence electrons. The lowest BCUT2D eigenvalue weighted by Crippen LogP contribution is -1.98. The summed E-state index contributed by atoms with van der Waals surface area (Å²) in [6.07, 6.45) is 3.22. The first-order valence-corrected chi connectivity index (χ1v) is 7.03. The molecule has 2 aromatic heterocycles. The zero-order chi connectivity index (χ0) is 16.2. The first kappa shape index (κ1) is 14.9. The Morgan fingerprint density at radius 3 is 2.61 bits per heavy atom. The molecule has 0 aliphatic rings. The van der Waals surface area contributed by atoms with Gasteiger partial charge in [0.1, 0.15) is 5.69 Å². The molecule has 0 unspecified atom stereocenters. The van der Waals surface area contributed by atoms with E-state index in [1.165, 1.54) is 16.8 Å². The van der Waals surface area contributed by atoms with Crippen LogP contribution in [0.5, 0.6) is 0 Å². The summed E-state index contributed by atoms with van der Waals surface area (Å²) in [5, 5.41) is 21.4. The van der Waals surface area contributed by atoms with Crippen LogP contribution >= 0.6 is 12.6 Å². The van der Waals surface area contributed by atoms with Crippen molar-refractivity contribution in [3.05, 3.63) is 59.8 Å². The minimum absolute atomic E-state index is 0.218. The van der Waals surface area contributed by atoms with Gasteiger partial charge in [0.05, 0.1) is 11.8 Å². The van der Waals surface area contributed by atoms with Crippen molar-refractivity contribution in [2.75, 3.05) is 0 Å². The Morgan fingerprint density at radius 1 is 1.17 bits per heavy atom. The minimum atomic E-state index is -0.970. The summed E-state index contributed by atoms with van der Waals surface area (Å²) < 4.78 is 1.45. The molecule has 0 amide bonds. The Kier molecular flexibility index (Phi) is 4.15. The number of carboxylic acids is 1. The molecular weight excluding hydrogens is 314 g/mol. The number of hydrogen-bond acceptors (Lipinski definition) is 6. The number of pyridine rings is 1. The predicted molar refractivity (Wildman–Crippen MR) is 86.9 cm³/mol. The first-order valence-electron chi connectivity index (χ1n) is 6.58. The topological polar surface area (TPSA) is 93.3 Å². The van der Waals surface area contributed by atoms with Gasteiger partial charge in [0.25, 0.3) is 0 Å². The van der Waals surface area contributed by atoms with Gasteiger partial charge in [-0.3, -0.25) is 4.98 Å². The molecule has 0 atom stereocenters. The van der Waals surface area contributed by atoms with Crippen molar-refractivity contribution in [2.24, 2.45) is 5.10 Å². The number of hydrogen-bond donors (Lipinski definition) is 2. The maximum atomic E-state index is 10.8. The van der Waals surface area contributed by atoms with Gasteiger partial charge in [0.2, 0.25) is 11.0 Å². The van der Waals surface area contributed by atoms with Crippen LogP contribution in [0.1, 0.15) is 15.9 Å². The van der Waals surface area contributed by atoms with Gasteiger partial charge in [0.15, 0.2) is 0 Å². The molecule has 3 rings (SSSR count). The second kappa shape index (κ2) is 6.41. The molecule has 8 heteroatoms. The molecule has 0 fully saturated rings. The highest BCUT2D eigenvalue weighted by Crippen LogP contribution is 2.17. The van der Waals surface area contributed by atoms with Gasteiger partial charge in [0, 0.05) is 6.20 Å². The maximum Gasteiger partial charge on any atom is 0.335 e. The highest BCUT2D eigenvalue weighted by atomic mass is 32.1. The smallest absolute Gasteiger partial charge is 0.335 e. The van der Waals surface area contributed by atoms with Crippen LogP contribution < -0.4 is 0 Å². The van der Waals surface area contributed by atoms with E-state index >= 15 is 0 Å². The lowest BCUT2D eigenvalue weighted by molar-refractivity contribution is 0.0697. The molecule has 2 heterocycles. The third kappa shape index (κ3) is 3.27. The zero-order valence-electron chi connectivity index (χ0n) is 11.7. The molecular formula is C15H11N5O2S. The molecule has 3 aromatic rings. The van der Waals surface area contributed by atoms with Crippen LogP contribution in [0.15, 0.2) is 58.9 Å². The number of rotatable bonds is 4. The Balaban J connectivity index is 1.91. The van der Waals surface area contributed by atoms with Gasteiger partial charge in [-0.2, -0.15) is 9.78 Å². The van der Waals surface area contributed by atoms with Crippen molar-refractivity contribution in [3.8, 4) is 11.5 Å². The zero-order valence-corrected chi connectivity index (χ0v) is 12.6. The minimum Gasteiger partial charge on any atom is -0.478 e. The van der Waals surface area contributed by atoms with E-state index in [2.05, 4.69) is 32.9 Å². The molecule has 1 N–H and O–H groups in total. The van der Waals surface area contributed by atoms with Crippen LogP contribution in [0.25, 0.3) is 11.5 Å². The van der Waals surface area contributed by atoms with E-state index < -0.39 is 5.97 Å². The van der Waals surface area contributed by atoms with Crippen LogP contribution in [0.2, 0.25) is 0 Å². The molecule has 0 aliphatic carbocycles. The number of thiol groups is 1. The van der Waals surface area contributed by atoms with Crippen molar-refractivity contribution >= 4 is 24.8 Å². The highest BCUT2D eigenvalue weighted by molar-refractivity contribution is 7.80. The Hall–Kier alpha value is -3.00. The lowest BCUT2D eigenvalue weighted by atomic mass is 10.1. The van der Waals surface area contributed by atoms with Crippen LogP contribution in [-0.2, 0) is 0 Å². The molecule has 0 saturated carbocycles. The molecule has 0 saturated heterocycles. The largest absolute Gasteiger partial charge is 0.478 e. The van der Waals surface area contributed by atoms with E-state index in [1.54, 1.807) is 36.7 Å². The summed E-state index contributed by atoms with van der Waals surface area (Å²) in [6, 6.07) is 11.8. The summed E-state index contributed by atoms with van der Waals surface area (Å²) in [7, 11) is 0. The van der Waals surface area contributed by atoms with Crippen LogP contribution in [0, 0.1) is 0 Å². The number of aromatic nitrogens is 4. The van der Waals surface area contributed by atoms with E-state index in [-0.39, 0.29) is 5.56 Å². The Morgan fingerprint density at radius 2 is 1.96 bits per heavy atom. The molecule has 7 nitrogen and oxygen atoms in total. The lowest BCUT2D eigenvalue weighted by Gasteiger charge is -2.01. The SMILES string of the molecule is O=C(O)c1ccc(/C=N/n2c(S)nnc2-c2ccccn2)cc1. The second-order valence-electron chi connectivity index (χ2n) is 4.52. The van der Waals surface area contributed by atoms with E-state index in [0.29, 0.717) is 16.7 Å². The molecule has 0 radical (unpaired) electrons. The van der Waals surface area contributed by atoms with E-state index in [4.69, 9.17) is 5.11 Å². The quantitative estimate of drug-likeness (QED) is 0.566. The molecule has 23 heavy (non-hydrogen) atoms. The summed E-state index contributed by atoms with van der Waals surface area (Å²) in [5.74, 6) is -0.503. The maximum absolute atomic E-state index is 10.8. The average Bonchev–Trinajstić information content (AvgIpc) is 2.95. The fourth-order valence-electron chi connectivity index (χ4n) is 1.87. The van der Waals surface area contributed by atoms with Gasteiger partial charge in [-0.1, -0.05) is 18.2 Å². The van der Waals surface area contributed by atoms with Gasteiger partial charge >= 0.3 is 5.97 Å². The number of carboxylic acid groups (broad SMARTS) is 1. The Bertz CT molecular complexity index is 859. The normalized spacial score (nSPS) is 11.0. The van der Waals surface area contributed by atoms with Crippen molar-refractivity contribution in [2.45, 2.75) is 5.16 Å². The molecule has 0 bridgehead atoms. The van der Waals surface area contributed by atoms with Gasteiger partial charge in [-0.15, -0.1) is 22.8 Å². The molecule has 1 aromatic carbocycles. The molecule has 0 aliphatic heterocycles. The monoisotopic (exact) mass is 325 g/mol. The second-order valence-corrected chi connectivity index (χ2v) is 4.92. The number of carbonyl (C=O) groups is 1. The highest BCUT2D eigenvalue weighted by Gasteiger charge is 2.11. The van der Waals surface area contributed by atoms with E-state index in [9.17, 15) is 4.79 Å². The van der Waals surface area contributed by atoms with Crippen molar-refractivity contribution < 1.29 is 9.90 Å². The van der Waals surface area contributed by atoms with Crippen molar-refractivity contribution in [1.82, 2.24) is 19.9 Å². The summed E-state index contributed by atoms with van der Waals surface area (Å²) >= 11 is 4.23. The fourth-order valence-corrected chi connectivity index (χ4v) is 2.06. The number of aromatic carboxylic acids is 1. The summed E-state index contributed by atoms with van der Waals surface area (Å²) in [4.78, 5) is 15.0. The number of benzene rings is 1. The van der Waals surface area contributed by atoms with Crippen molar-refractivity contribution in [3.63, 3.8) is 0 Å². The van der Waals surface area contributed by atoms with Crippen LogP contribution in [-0.4, -0.2) is 37.1 Å². The Labute approximate surface area is 136 Å². The fraction of sp³-hybridized carbons (Fsp3) is 0. The summed E-state index contributed by atoms with van der Waals surface area (Å²) in [6.45, 7) is 0. The van der Waals surface area contributed by atoms with Gasteiger partial charge in [-0.25, -0.2) is 4.79 Å². The number of nitrogens with zero attached hydrogens (tertiary/aromatic N) is 5.